The summed E-state index contributed by atoms with van der Waals surface area (Å²) in [4.78, 5) is 37.2. The highest BCUT2D eigenvalue weighted by Gasteiger charge is 2.33. The first-order chi connectivity index (χ1) is 9.92. The summed E-state index contributed by atoms with van der Waals surface area (Å²) in [7, 11) is 1.55. The van der Waals surface area contributed by atoms with Crippen LogP contribution in [-0.4, -0.2) is 54.8 Å². The number of likely N-dealkylation sites (tertiary alicyclic amines) is 1. The predicted molar refractivity (Wildman–Crippen MR) is 79.2 cm³/mol. The van der Waals surface area contributed by atoms with Crippen LogP contribution in [0.2, 0.25) is 0 Å². The first kappa shape index (κ1) is 17.4. The van der Waals surface area contributed by atoms with Crippen LogP contribution in [-0.2, 0) is 14.4 Å². The van der Waals surface area contributed by atoms with E-state index in [0.29, 0.717) is 13.0 Å². The topological polar surface area (TPSA) is 105 Å². The maximum absolute atomic E-state index is 12.1. The fraction of sp³-hybridized carbons (Fsp3) is 0.786. The van der Waals surface area contributed by atoms with Crippen molar-refractivity contribution in [3.05, 3.63) is 0 Å². The Hall–Kier alpha value is -1.63. The van der Waals surface area contributed by atoms with E-state index in [0.717, 1.165) is 12.8 Å². The SMILES string of the molecule is CC[C@H](C)[C@H](N)C(=O)NCC(=O)N1CCC[C@@H]1C(=O)NC. The monoisotopic (exact) mass is 298 g/mol. The fourth-order valence-corrected chi connectivity index (χ4v) is 2.40. The summed E-state index contributed by atoms with van der Waals surface area (Å²) in [5.74, 6) is -0.673. The summed E-state index contributed by atoms with van der Waals surface area (Å²) in [5, 5.41) is 5.12. The molecule has 1 heterocycles. The lowest BCUT2D eigenvalue weighted by Crippen LogP contribution is -2.51. The number of nitrogens with two attached hydrogens (primary N) is 1. The number of amides is 3. The van der Waals surface area contributed by atoms with E-state index in [9.17, 15) is 14.4 Å². The van der Waals surface area contributed by atoms with Gasteiger partial charge in [0.1, 0.15) is 6.04 Å². The number of hydrogen-bond donors (Lipinski definition) is 3. The van der Waals surface area contributed by atoms with Gasteiger partial charge in [0, 0.05) is 13.6 Å². The number of carbonyl (C=O) groups excluding carboxylic acids is 3. The first-order valence-corrected chi connectivity index (χ1v) is 7.46. The van der Waals surface area contributed by atoms with Crippen LogP contribution in [0.3, 0.4) is 0 Å². The summed E-state index contributed by atoms with van der Waals surface area (Å²) in [6.45, 7) is 4.29. The molecule has 7 nitrogen and oxygen atoms in total. The van der Waals surface area contributed by atoms with Gasteiger partial charge in [0.25, 0.3) is 0 Å². The van der Waals surface area contributed by atoms with Crippen molar-refractivity contribution >= 4 is 17.7 Å². The van der Waals surface area contributed by atoms with Gasteiger partial charge in [-0.1, -0.05) is 20.3 Å². The van der Waals surface area contributed by atoms with Gasteiger partial charge in [-0.15, -0.1) is 0 Å². The molecule has 21 heavy (non-hydrogen) atoms. The molecule has 0 spiro atoms. The van der Waals surface area contributed by atoms with Crippen LogP contribution in [0.1, 0.15) is 33.1 Å². The van der Waals surface area contributed by atoms with Gasteiger partial charge in [-0.25, -0.2) is 0 Å². The molecule has 3 amide bonds. The summed E-state index contributed by atoms with van der Waals surface area (Å²) in [6.07, 6.45) is 2.25. The summed E-state index contributed by atoms with van der Waals surface area (Å²) in [5.41, 5.74) is 5.81. The summed E-state index contributed by atoms with van der Waals surface area (Å²) in [6, 6.07) is -1.04. The van der Waals surface area contributed by atoms with Gasteiger partial charge in [-0.2, -0.15) is 0 Å². The van der Waals surface area contributed by atoms with Gasteiger partial charge in [0.2, 0.25) is 17.7 Å². The van der Waals surface area contributed by atoms with Crippen LogP contribution < -0.4 is 16.4 Å². The molecular weight excluding hydrogens is 272 g/mol. The van der Waals surface area contributed by atoms with Gasteiger partial charge < -0.3 is 21.3 Å². The molecular formula is C14H26N4O3. The summed E-state index contributed by atoms with van der Waals surface area (Å²) >= 11 is 0. The molecule has 4 N–H and O–H groups in total. The minimum absolute atomic E-state index is 0.0607. The molecule has 0 aromatic heterocycles. The van der Waals surface area contributed by atoms with Crippen molar-refractivity contribution in [2.75, 3.05) is 20.1 Å². The van der Waals surface area contributed by atoms with Crippen LogP contribution in [0.5, 0.6) is 0 Å². The van der Waals surface area contributed by atoms with Crippen LogP contribution in [0.25, 0.3) is 0 Å². The molecule has 1 aliphatic heterocycles. The Balaban J connectivity index is 2.50. The van der Waals surface area contributed by atoms with Gasteiger partial charge in [-0.05, 0) is 18.8 Å². The highest BCUT2D eigenvalue weighted by Crippen LogP contribution is 2.17. The van der Waals surface area contributed by atoms with Gasteiger partial charge in [-0.3, -0.25) is 14.4 Å². The van der Waals surface area contributed by atoms with Crippen molar-refractivity contribution in [3.63, 3.8) is 0 Å². The highest BCUT2D eigenvalue weighted by atomic mass is 16.2. The third kappa shape index (κ3) is 4.42. The third-order valence-corrected chi connectivity index (χ3v) is 4.10. The molecule has 1 aliphatic rings. The van der Waals surface area contributed by atoms with Crippen LogP contribution >= 0.6 is 0 Å². The Bertz CT molecular complexity index is 400. The van der Waals surface area contributed by atoms with Crippen molar-refractivity contribution in [2.45, 2.75) is 45.2 Å². The zero-order valence-corrected chi connectivity index (χ0v) is 13.0. The second kappa shape index (κ2) is 7.97. The number of rotatable bonds is 6. The average Bonchev–Trinajstić information content (AvgIpc) is 2.99. The fourth-order valence-electron chi connectivity index (χ4n) is 2.40. The van der Waals surface area contributed by atoms with Crippen molar-refractivity contribution in [2.24, 2.45) is 11.7 Å². The molecule has 0 aromatic carbocycles. The molecule has 7 heteroatoms. The lowest BCUT2D eigenvalue weighted by atomic mass is 9.99. The number of nitrogens with one attached hydrogen (secondary N) is 2. The van der Waals surface area contributed by atoms with Crippen molar-refractivity contribution in [3.8, 4) is 0 Å². The lowest BCUT2D eigenvalue weighted by molar-refractivity contribution is -0.138. The molecule has 0 bridgehead atoms. The van der Waals surface area contributed by atoms with E-state index in [1.165, 1.54) is 4.90 Å². The Labute approximate surface area is 125 Å². The lowest BCUT2D eigenvalue weighted by Gasteiger charge is -2.24. The minimum atomic E-state index is -0.615. The maximum Gasteiger partial charge on any atom is 0.242 e. The molecule has 1 rings (SSSR count). The quantitative estimate of drug-likeness (QED) is 0.598. The number of carbonyl (C=O) groups is 3. The summed E-state index contributed by atoms with van der Waals surface area (Å²) < 4.78 is 0. The smallest absolute Gasteiger partial charge is 0.242 e. The molecule has 0 unspecified atom stereocenters. The normalized spacial score (nSPS) is 20.8. The molecule has 0 aromatic rings. The zero-order valence-electron chi connectivity index (χ0n) is 13.0. The van der Waals surface area contributed by atoms with E-state index in [1.54, 1.807) is 7.05 Å². The van der Waals surface area contributed by atoms with Crippen molar-refractivity contribution in [1.29, 1.82) is 0 Å². The van der Waals surface area contributed by atoms with E-state index < -0.39 is 12.1 Å². The van der Waals surface area contributed by atoms with Crippen molar-refractivity contribution < 1.29 is 14.4 Å². The Kier molecular flexibility index (Phi) is 6.61. The molecule has 0 saturated carbocycles. The Morgan fingerprint density at radius 1 is 1.38 bits per heavy atom. The molecule has 0 aliphatic carbocycles. The van der Waals surface area contributed by atoms with Crippen molar-refractivity contribution in [1.82, 2.24) is 15.5 Å². The average molecular weight is 298 g/mol. The number of likely N-dealkylation sites (N-methyl/N-ethyl adjacent to an activating group) is 1. The third-order valence-electron chi connectivity index (χ3n) is 4.10. The van der Waals surface area contributed by atoms with Gasteiger partial charge >= 0.3 is 0 Å². The Morgan fingerprint density at radius 3 is 2.62 bits per heavy atom. The van der Waals surface area contributed by atoms with E-state index in [4.69, 9.17) is 5.73 Å². The zero-order chi connectivity index (χ0) is 16.0. The first-order valence-electron chi connectivity index (χ1n) is 7.46. The molecule has 0 radical (unpaired) electrons. The van der Waals surface area contributed by atoms with Gasteiger partial charge in [0.05, 0.1) is 12.6 Å². The minimum Gasteiger partial charge on any atom is -0.357 e. The predicted octanol–water partition coefficient (Wildman–Crippen LogP) is -0.787. The maximum atomic E-state index is 12.1. The second-order valence-corrected chi connectivity index (χ2v) is 5.49. The number of nitrogens with zero attached hydrogens (tertiary/aromatic N) is 1. The van der Waals surface area contributed by atoms with Crippen LogP contribution in [0, 0.1) is 5.92 Å². The molecule has 3 atom stereocenters. The standard InChI is InChI=1S/C14H26N4O3/c1-4-9(2)12(15)14(21)17-8-11(19)18-7-5-6-10(18)13(20)16-3/h9-10,12H,4-8,15H2,1-3H3,(H,16,20)(H,17,21)/t9-,10+,12-/m0/s1. The van der Waals surface area contributed by atoms with Gasteiger partial charge in [0.15, 0.2) is 0 Å². The van der Waals surface area contributed by atoms with E-state index in [2.05, 4.69) is 10.6 Å². The Morgan fingerprint density at radius 2 is 2.05 bits per heavy atom. The largest absolute Gasteiger partial charge is 0.357 e. The van der Waals surface area contributed by atoms with E-state index in [-0.39, 0.29) is 30.2 Å². The second-order valence-electron chi connectivity index (χ2n) is 5.49. The molecule has 1 saturated heterocycles. The molecule has 120 valence electrons. The molecule has 1 fully saturated rings. The van der Waals surface area contributed by atoms with Crippen LogP contribution in [0.4, 0.5) is 0 Å². The van der Waals surface area contributed by atoms with E-state index >= 15 is 0 Å². The highest BCUT2D eigenvalue weighted by molar-refractivity contribution is 5.91. The van der Waals surface area contributed by atoms with E-state index in [1.807, 2.05) is 13.8 Å². The van der Waals surface area contributed by atoms with Crippen LogP contribution in [0.15, 0.2) is 0 Å². The number of hydrogen-bond acceptors (Lipinski definition) is 4.